The molecule has 0 aliphatic carbocycles. The van der Waals surface area contributed by atoms with Gasteiger partial charge in [-0.3, -0.25) is 19.8 Å². The van der Waals surface area contributed by atoms with Crippen molar-refractivity contribution >= 4 is 11.6 Å². The maximum Gasteiger partial charge on any atom is 0.304 e. The van der Waals surface area contributed by atoms with Crippen LogP contribution >= 0.6 is 0 Å². The van der Waals surface area contributed by atoms with Crippen LogP contribution in [-0.4, -0.2) is 46.8 Å². The van der Waals surface area contributed by atoms with Crippen LogP contribution in [0.3, 0.4) is 0 Å². The Bertz CT molecular complexity index is 863. The Morgan fingerprint density at radius 3 is 2.19 bits per heavy atom. The number of piperazine rings is 1. The van der Waals surface area contributed by atoms with E-state index in [9.17, 15) is 28.1 Å². The molecule has 1 amide bonds. The molecule has 1 saturated heterocycles. The van der Waals surface area contributed by atoms with E-state index in [1.165, 1.54) is 17.0 Å². The van der Waals surface area contributed by atoms with E-state index in [2.05, 4.69) is 0 Å². The van der Waals surface area contributed by atoms with Crippen molar-refractivity contribution in [1.29, 1.82) is 0 Å². The van der Waals surface area contributed by atoms with Gasteiger partial charge in [-0.05, 0) is 23.8 Å². The lowest BCUT2D eigenvalue weighted by Gasteiger charge is -2.34. The molecule has 1 fully saturated rings. The smallest absolute Gasteiger partial charge is 0.304 e. The second-order valence-corrected chi connectivity index (χ2v) is 6.21. The van der Waals surface area contributed by atoms with Crippen molar-refractivity contribution in [2.45, 2.75) is 6.54 Å². The van der Waals surface area contributed by atoms with Crippen molar-refractivity contribution < 1.29 is 22.9 Å². The summed E-state index contributed by atoms with van der Waals surface area (Å²) in [5, 5.41) is 10.7. The Balaban J connectivity index is 1.61. The summed E-state index contributed by atoms with van der Waals surface area (Å²) in [6.45, 7) is 1.75. The van der Waals surface area contributed by atoms with Crippen molar-refractivity contribution in [2.75, 3.05) is 26.2 Å². The lowest BCUT2D eigenvalue weighted by atomic mass is 10.1. The maximum atomic E-state index is 13.8. The quantitative estimate of drug-likeness (QED) is 0.605. The summed E-state index contributed by atoms with van der Waals surface area (Å²) in [5.41, 5.74) is -0.581. The molecule has 2 aromatic carbocycles. The van der Waals surface area contributed by atoms with Crippen LogP contribution in [-0.2, 0) is 6.54 Å². The van der Waals surface area contributed by atoms with Gasteiger partial charge in [0.2, 0.25) is 5.82 Å². The topological polar surface area (TPSA) is 66.7 Å². The number of nitrogens with zero attached hydrogens (tertiary/aromatic N) is 3. The van der Waals surface area contributed by atoms with Crippen molar-refractivity contribution in [1.82, 2.24) is 9.80 Å². The molecule has 0 atom stereocenters. The molecule has 1 heterocycles. The molecule has 142 valence electrons. The Morgan fingerprint density at radius 2 is 1.63 bits per heavy atom. The van der Waals surface area contributed by atoms with Crippen LogP contribution in [0.5, 0.6) is 0 Å². The molecule has 0 radical (unpaired) electrons. The predicted molar refractivity (Wildman–Crippen MR) is 90.6 cm³/mol. The number of hydrogen-bond donors (Lipinski definition) is 0. The fraction of sp³-hybridized carbons (Fsp3) is 0.278. The van der Waals surface area contributed by atoms with Crippen molar-refractivity contribution in [3.63, 3.8) is 0 Å². The molecule has 1 aliphatic heterocycles. The van der Waals surface area contributed by atoms with Crippen LogP contribution in [0.4, 0.5) is 18.9 Å². The highest BCUT2D eigenvalue weighted by molar-refractivity contribution is 5.94. The summed E-state index contributed by atoms with van der Waals surface area (Å²) < 4.78 is 41.2. The van der Waals surface area contributed by atoms with Gasteiger partial charge >= 0.3 is 5.69 Å². The van der Waals surface area contributed by atoms with Crippen LogP contribution in [0.25, 0.3) is 0 Å². The third-order valence-electron chi connectivity index (χ3n) is 4.45. The van der Waals surface area contributed by atoms with E-state index in [1.807, 2.05) is 4.90 Å². The first-order valence-electron chi connectivity index (χ1n) is 8.25. The number of halogens is 3. The summed E-state index contributed by atoms with van der Waals surface area (Å²) in [7, 11) is 0. The van der Waals surface area contributed by atoms with E-state index in [4.69, 9.17) is 0 Å². The molecule has 0 aromatic heterocycles. The second-order valence-electron chi connectivity index (χ2n) is 6.21. The molecule has 0 spiro atoms. The van der Waals surface area contributed by atoms with Gasteiger partial charge < -0.3 is 4.90 Å². The number of carbonyl (C=O) groups is 1. The van der Waals surface area contributed by atoms with Crippen LogP contribution in [0, 0.1) is 27.6 Å². The van der Waals surface area contributed by atoms with Crippen molar-refractivity contribution in [2.24, 2.45) is 0 Å². The number of benzene rings is 2. The largest absolute Gasteiger partial charge is 0.336 e. The van der Waals surface area contributed by atoms with E-state index in [1.54, 1.807) is 0 Å². The Hall–Kier alpha value is -2.94. The summed E-state index contributed by atoms with van der Waals surface area (Å²) in [6, 6.07) is 6.98. The summed E-state index contributed by atoms with van der Waals surface area (Å²) >= 11 is 0. The Morgan fingerprint density at radius 1 is 1.00 bits per heavy atom. The van der Waals surface area contributed by atoms with Crippen LogP contribution in [0.2, 0.25) is 0 Å². The van der Waals surface area contributed by atoms with E-state index in [-0.39, 0.29) is 13.1 Å². The lowest BCUT2D eigenvalue weighted by Crippen LogP contribution is -2.48. The van der Waals surface area contributed by atoms with Gasteiger partial charge in [0.05, 0.1) is 4.92 Å². The molecule has 0 saturated carbocycles. The van der Waals surface area contributed by atoms with Gasteiger partial charge in [-0.1, -0.05) is 12.1 Å². The Kier molecular flexibility index (Phi) is 5.41. The Labute approximate surface area is 153 Å². The standard InChI is InChI=1S/C18H16F3N3O3/c19-13-2-1-3-14(20)17(13)18(25)23-8-6-22(7-9-23)11-12-4-5-16(24(26)27)15(21)10-12/h1-5,10H,6-9,11H2. The third kappa shape index (κ3) is 4.08. The average Bonchev–Trinajstić information content (AvgIpc) is 2.62. The molecule has 1 aliphatic rings. The molecule has 0 N–H and O–H groups in total. The zero-order valence-electron chi connectivity index (χ0n) is 14.2. The number of nitro benzene ring substituents is 1. The zero-order valence-corrected chi connectivity index (χ0v) is 14.2. The highest BCUT2D eigenvalue weighted by Crippen LogP contribution is 2.20. The molecule has 0 unspecified atom stereocenters. The highest BCUT2D eigenvalue weighted by atomic mass is 19.1. The number of nitro groups is 1. The van der Waals surface area contributed by atoms with Gasteiger partial charge in [-0.2, -0.15) is 4.39 Å². The monoisotopic (exact) mass is 379 g/mol. The molecular weight excluding hydrogens is 363 g/mol. The lowest BCUT2D eigenvalue weighted by molar-refractivity contribution is -0.387. The van der Waals surface area contributed by atoms with Crippen LogP contribution in [0.15, 0.2) is 36.4 Å². The van der Waals surface area contributed by atoms with Crippen LogP contribution < -0.4 is 0 Å². The minimum Gasteiger partial charge on any atom is -0.336 e. The molecule has 3 rings (SSSR count). The first kappa shape index (κ1) is 18.8. The minimum atomic E-state index is -0.902. The molecule has 2 aromatic rings. The van der Waals surface area contributed by atoms with Crippen LogP contribution in [0.1, 0.15) is 15.9 Å². The number of amides is 1. The molecule has 0 bridgehead atoms. The van der Waals surface area contributed by atoms with E-state index in [0.717, 1.165) is 24.3 Å². The van der Waals surface area contributed by atoms with E-state index >= 15 is 0 Å². The van der Waals surface area contributed by atoms with Crippen molar-refractivity contribution in [3.8, 4) is 0 Å². The number of hydrogen-bond acceptors (Lipinski definition) is 4. The van der Waals surface area contributed by atoms with Gasteiger partial charge in [-0.25, -0.2) is 8.78 Å². The highest BCUT2D eigenvalue weighted by Gasteiger charge is 2.26. The summed E-state index contributed by atoms with van der Waals surface area (Å²) in [4.78, 5) is 25.5. The molecule has 27 heavy (non-hydrogen) atoms. The van der Waals surface area contributed by atoms with Gasteiger partial charge in [-0.15, -0.1) is 0 Å². The second kappa shape index (κ2) is 7.75. The van der Waals surface area contributed by atoms with Gasteiger partial charge in [0.25, 0.3) is 5.91 Å². The predicted octanol–water partition coefficient (Wildman–Crippen LogP) is 2.97. The summed E-state index contributed by atoms with van der Waals surface area (Å²) in [5.74, 6) is -3.40. The minimum absolute atomic E-state index is 0.266. The SMILES string of the molecule is O=C(c1c(F)cccc1F)N1CCN(Cc2ccc([N+](=O)[O-])c(F)c2)CC1. The van der Waals surface area contributed by atoms with E-state index in [0.29, 0.717) is 25.2 Å². The number of carbonyl (C=O) groups excluding carboxylic acids is 1. The third-order valence-corrected chi connectivity index (χ3v) is 4.45. The van der Waals surface area contributed by atoms with Gasteiger partial charge in [0, 0.05) is 38.8 Å². The van der Waals surface area contributed by atoms with Crippen molar-refractivity contribution in [3.05, 3.63) is 75.1 Å². The molecule has 6 nitrogen and oxygen atoms in total. The molecule has 9 heteroatoms. The normalized spacial score (nSPS) is 15.0. The first-order valence-corrected chi connectivity index (χ1v) is 8.25. The fourth-order valence-corrected chi connectivity index (χ4v) is 3.02. The average molecular weight is 379 g/mol. The van der Waals surface area contributed by atoms with Gasteiger partial charge in [0.1, 0.15) is 17.2 Å². The molecular formula is C18H16F3N3O3. The first-order chi connectivity index (χ1) is 12.9. The van der Waals surface area contributed by atoms with Gasteiger partial charge in [0.15, 0.2) is 0 Å². The fourth-order valence-electron chi connectivity index (χ4n) is 3.02. The number of rotatable bonds is 4. The maximum absolute atomic E-state index is 13.8. The summed E-state index contributed by atoms with van der Waals surface area (Å²) in [6.07, 6.45) is 0. The van der Waals surface area contributed by atoms with E-state index < -0.39 is 39.5 Å². The zero-order chi connectivity index (χ0) is 19.6.